The summed E-state index contributed by atoms with van der Waals surface area (Å²) in [7, 11) is 3.10. The number of rotatable bonds is 5. The van der Waals surface area contributed by atoms with Crippen LogP contribution in [-0.2, 0) is 11.3 Å². The predicted molar refractivity (Wildman–Crippen MR) is 88.0 cm³/mol. The van der Waals surface area contributed by atoms with Gasteiger partial charge in [0.25, 0.3) is 11.8 Å². The number of pyridine rings is 1. The molecule has 0 spiro atoms. The minimum absolute atomic E-state index is 0.149. The number of carbonyl (C=O) groups is 1. The first-order valence-corrected chi connectivity index (χ1v) is 8.36. The summed E-state index contributed by atoms with van der Waals surface area (Å²) in [5.41, 5.74) is 0.354. The highest BCUT2D eigenvalue weighted by Crippen LogP contribution is 2.30. The van der Waals surface area contributed by atoms with E-state index in [0.717, 1.165) is 25.7 Å². The van der Waals surface area contributed by atoms with Crippen molar-refractivity contribution >= 4 is 5.91 Å². The average molecular weight is 346 g/mol. The van der Waals surface area contributed by atoms with Gasteiger partial charge in [0.15, 0.2) is 5.82 Å². The Morgan fingerprint density at radius 1 is 1.28 bits per heavy atom. The summed E-state index contributed by atoms with van der Waals surface area (Å²) in [5.74, 6) is 1.20. The second-order valence-corrected chi connectivity index (χ2v) is 5.91. The van der Waals surface area contributed by atoms with Gasteiger partial charge in [0.2, 0.25) is 5.88 Å². The highest BCUT2D eigenvalue weighted by molar-refractivity contribution is 5.92. The van der Waals surface area contributed by atoms with E-state index in [4.69, 9.17) is 14.0 Å². The zero-order valence-corrected chi connectivity index (χ0v) is 14.5. The zero-order valence-electron chi connectivity index (χ0n) is 14.5. The second kappa shape index (κ2) is 8.06. The molecular weight excluding hydrogens is 324 g/mol. The normalized spacial score (nSPS) is 18.0. The van der Waals surface area contributed by atoms with Gasteiger partial charge < -0.3 is 18.9 Å². The molecule has 25 heavy (non-hydrogen) atoms. The van der Waals surface area contributed by atoms with Crippen LogP contribution in [0, 0.1) is 0 Å². The molecule has 1 atom stereocenters. The highest BCUT2D eigenvalue weighted by Gasteiger charge is 2.31. The Morgan fingerprint density at radius 3 is 2.96 bits per heavy atom. The van der Waals surface area contributed by atoms with Crippen molar-refractivity contribution in [2.24, 2.45) is 0 Å². The highest BCUT2D eigenvalue weighted by atomic mass is 16.5. The first-order valence-electron chi connectivity index (χ1n) is 8.36. The zero-order chi connectivity index (χ0) is 17.6. The van der Waals surface area contributed by atoms with Crippen molar-refractivity contribution in [2.75, 3.05) is 20.8 Å². The van der Waals surface area contributed by atoms with E-state index in [1.807, 2.05) is 0 Å². The third kappa shape index (κ3) is 3.96. The minimum atomic E-state index is -0.225. The Balaban J connectivity index is 1.87. The van der Waals surface area contributed by atoms with Crippen LogP contribution in [0.3, 0.4) is 0 Å². The summed E-state index contributed by atoms with van der Waals surface area (Å²) in [5, 5.41) is 4.06. The van der Waals surface area contributed by atoms with E-state index in [9.17, 15) is 4.79 Å². The number of hydrogen-bond acceptors (Lipinski definition) is 7. The fraction of sp³-hybridized carbons (Fsp3) is 0.529. The molecule has 1 amide bonds. The van der Waals surface area contributed by atoms with E-state index < -0.39 is 0 Å². The molecule has 0 aliphatic carbocycles. The Morgan fingerprint density at radius 2 is 2.16 bits per heavy atom. The lowest BCUT2D eigenvalue weighted by Crippen LogP contribution is -2.35. The molecule has 1 saturated heterocycles. The molecule has 2 aromatic rings. The lowest BCUT2D eigenvalue weighted by Gasteiger charge is -2.27. The topological polar surface area (TPSA) is 90.6 Å². The lowest BCUT2D eigenvalue weighted by atomic mass is 10.1. The number of amides is 1. The molecule has 3 rings (SSSR count). The molecule has 0 aromatic carbocycles. The molecule has 0 radical (unpaired) electrons. The van der Waals surface area contributed by atoms with Crippen LogP contribution >= 0.6 is 0 Å². The monoisotopic (exact) mass is 346 g/mol. The van der Waals surface area contributed by atoms with E-state index in [-0.39, 0.29) is 18.6 Å². The third-order valence-corrected chi connectivity index (χ3v) is 4.22. The van der Waals surface area contributed by atoms with Crippen LogP contribution in [0.4, 0.5) is 0 Å². The maximum absolute atomic E-state index is 13.0. The van der Waals surface area contributed by atoms with Gasteiger partial charge in [-0.2, -0.15) is 4.98 Å². The number of hydrogen-bond donors (Lipinski definition) is 0. The Kier molecular flexibility index (Phi) is 5.60. The number of ether oxygens (including phenoxy) is 2. The van der Waals surface area contributed by atoms with Crippen LogP contribution in [0.1, 0.15) is 53.9 Å². The number of carbonyl (C=O) groups excluding carboxylic acids is 1. The van der Waals surface area contributed by atoms with Crippen molar-refractivity contribution in [3.05, 3.63) is 35.6 Å². The van der Waals surface area contributed by atoms with E-state index in [1.54, 1.807) is 30.2 Å². The van der Waals surface area contributed by atoms with Crippen molar-refractivity contribution < 1.29 is 18.8 Å². The molecule has 0 bridgehead atoms. The molecule has 3 heterocycles. The van der Waals surface area contributed by atoms with Gasteiger partial charge in [-0.15, -0.1) is 0 Å². The van der Waals surface area contributed by atoms with Gasteiger partial charge >= 0.3 is 0 Å². The standard InChI is InChI=1S/C17H22N4O4/c1-23-11-15-19-16(20-25-15)13-8-4-3-5-10-21(13)17(22)12-7-6-9-14(18-12)24-2/h6-7,9,13H,3-5,8,10-11H2,1-2H3/t13-/m1/s1. The first kappa shape index (κ1) is 17.3. The summed E-state index contributed by atoms with van der Waals surface area (Å²) in [6.45, 7) is 0.891. The fourth-order valence-electron chi connectivity index (χ4n) is 3.00. The molecule has 134 valence electrons. The molecular formula is C17H22N4O4. The minimum Gasteiger partial charge on any atom is -0.481 e. The lowest BCUT2D eigenvalue weighted by molar-refractivity contribution is 0.0663. The van der Waals surface area contributed by atoms with Crippen molar-refractivity contribution in [1.29, 1.82) is 0 Å². The van der Waals surface area contributed by atoms with Gasteiger partial charge in [-0.3, -0.25) is 4.79 Å². The number of likely N-dealkylation sites (tertiary alicyclic amines) is 1. The third-order valence-electron chi connectivity index (χ3n) is 4.22. The smallest absolute Gasteiger partial charge is 0.273 e. The van der Waals surface area contributed by atoms with Crippen molar-refractivity contribution in [3.8, 4) is 5.88 Å². The van der Waals surface area contributed by atoms with E-state index in [0.29, 0.717) is 29.8 Å². The summed E-state index contributed by atoms with van der Waals surface area (Å²) in [4.78, 5) is 23.5. The summed E-state index contributed by atoms with van der Waals surface area (Å²) in [6.07, 6.45) is 3.80. The molecule has 0 saturated carbocycles. The predicted octanol–water partition coefficient (Wildman–Crippen LogP) is 2.38. The van der Waals surface area contributed by atoms with Gasteiger partial charge in [-0.1, -0.05) is 24.1 Å². The maximum atomic E-state index is 13.0. The molecule has 0 unspecified atom stereocenters. The van der Waals surface area contributed by atoms with E-state index in [2.05, 4.69) is 15.1 Å². The summed E-state index contributed by atoms with van der Waals surface area (Å²) < 4.78 is 15.4. The van der Waals surface area contributed by atoms with Crippen molar-refractivity contribution in [3.63, 3.8) is 0 Å². The van der Waals surface area contributed by atoms with E-state index >= 15 is 0 Å². The largest absolute Gasteiger partial charge is 0.481 e. The second-order valence-electron chi connectivity index (χ2n) is 5.91. The fourth-order valence-corrected chi connectivity index (χ4v) is 3.00. The summed E-state index contributed by atoms with van der Waals surface area (Å²) >= 11 is 0. The molecule has 8 nitrogen and oxygen atoms in total. The molecule has 0 N–H and O–H groups in total. The molecule has 1 aliphatic heterocycles. The van der Waals surface area contributed by atoms with E-state index in [1.165, 1.54) is 7.11 Å². The van der Waals surface area contributed by atoms with Gasteiger partial charge in [-0.25, -0.2) is 4.98 Å². The number of methoxy groups -OCH3 is 2. The van der Waals surface area contributed by atoms with Gasteiger partial charge in [0, 0.05) is 19.7 Å². The van der Waals surface area contributed by atoms with Crippen LogP contribution in [0.2, 0.25) is 0 Å². The SMILES string of the molecule is COCc1nc([C@H]2CCCCCN2C(=O)c2cccc(OC)n2)no1. The van der Waals surface area contributed by atoms with Crippen molar-refractivity contribution in [2.45, 2.75) is 38.3 Å². The van der Waals surface area contributed by atoms with Crippen LogP contribution in [0.15, 0.2) is 22.7 Å². The quantitative estimate of drug-likeness (QED) is 0.821. The Bertz CT molecular complexity index is 718. The summed E-state index contributed by atoms with van der Waals surface area (Å²) in [6, 6.07) is 4.95. The number of aromatic nitrogens is 3. The van der Waals surface area contributed by atoms with Gasteiger partial charge in [0.1, 0.15) is 12.3 Å². The van der Waals surface area contributed by atoms with Gasteiger partial charge in [-0.05, 0) is 18.9 Å². The van der Waals surface area contributed by atoms with Gasteiger partial charge in [0.05, 0.1) is 13.2 Å². The Labute approximate surface area is 146 Å². The van der Waals surface area contributed by atoms with Crippen molar-refractivity contribution in [1.82, 2.24) is 20.0 Å². The van der Waals surface area contributed by atoms with Crippen LogP contribution in [-0.4, -0.2) is 46.7 Å². The van der Waals surface area contributed by atoms with Crippen LogP contribution < -0.4 is 4.74 Å². The van der Waals surface area contributed by atoms with Crippen LogP contribution in [0.25, 0.3) is 0 Å². The Hall–Kier alpha value is -2.48. The average Bonchev–Trinajstić information content (AvgIpc) is 2.97. The molecule has 1 aliphatic rings. The number of nitrogens with zero attached hydrogens (tertiary/aromatic N) is 4. The molecule has 8 heteroatoms. The molecule has 2 aromatic heterocycles. The van der Waals surface area contributed by atoms with Crippen LogP contribution in [0.5, 0.6) is 5.88 Å². The maximum Gasteiger partial charge on any atom is 0.273 e. The molecule has 1 fully saturated rings. The first-order chi connectivity index (χ1) is 12.2.